The average Bonchev–Trinajstić information content (AvgIpc) is 2.17. The fourth-order valence-electron chi connectivity index (χ4n) is 0.454. The van der Waals surface area contributed by atoms with E-state index in [0.29, 0.717) is 12.2 Å². The highest BCUT2D eigenvalue weighted by molar-refractivity contribution is 5.89. The van der Waals surface area contributed by atoms with E-state index in [1.807, 2.05) is 0 Å². The molecule has 86 valence electrons. The predicted octanol–water partition coefficient (Wildman–Crippen LogP) is 1.66. The van der Waals surface area contributed by atoms with Crippen molar-refractivity contribution >= 4 is 11.9 Å². The third-order valence-corrected chi connectivity index (χ3v) is 1.10. The summed E-state index contributed by atoms with van der Waals surface area (Å²) in [7, 11) is 0. The largest absolute Gasteiger partial charge is 0.502 e. The van der Waals surface area contributed by atoms with Crippen LogP contribution in [0.2, 0.25) is 0 Å². The van der Waals surface area contributed by atoms with Crippen LogP contribution in [-0.2, 0) is 14.3 Å². The summed E-state index contributed by atoms with van der Waals surface area (Å²) in [5.74, 6) is -2.51. The highest BCUT2D eigenvalue weighted by atomic mass is 16.5. The van der Waals surface area contributed by atoms with Crippen molar-refractivity contribution in [1.82, 2.24) is 0 Å². The topological polar surface area (TPSA) is 83.8 Å². The number of aliphatic carboxylic acids is 2. The molecule has 0 aromatic rings. The first-order valence-electron chi connectivity index (χ1n) is 4.41. The molecule has 0 saturated heterocycles. The Morgan fingerprint density at radius 2 is 1.73 bits per heavy atom. The second kappa shape index (κ2) is 12.2. The highest BCUT2D eigenvalue weighted by Crippen LogP contribution is 1.85. The summed E-state index contributed by atoms with van der Waals surface area (Å²) >= 11 is 0. The van der Waals surface area contributed by atoms with Crippen molar-refractivity contribution in [3.8, 4) is 0 Å². The van der Waals surface area contributed by atoms with Crippen molar-refractivity contribution in [2.45, 2.75) is 19.8 Å². The smallest absolute Gasteiger partial charge is 0.328 e. The first kappa shape index (κ1) is 15.7. The summed E-state index contributed by atoms with van der Waals surface area (Å²) in [5.41, 5.74) is 0. The zero-order chi connectivity index (χ0) is 12.1. The van der Waals surface area contributed by atoms with Crippen molar-refractivity contribution in [3.05, 3.63) is 25.0 Å². The summed E-state index contributed by atoms with van der Waals surface area (Å²) in [4.78, 5) is 19.1. The van der Waals surface area contributed by atoms with E-state index < -0.39 is 11.9 Å². The molecule has 0 heterocycles. The molecule has 0 rings (SSSR count). The monoisotopic (exact) mass is 216 g/mol. The van der Waals surface area contributed by atoms with Gasteiger partial charge in [-0.1, -0.05) is 19.9 Å². The van der Waals surface area contributed by atoms with Gasteiger partial charge in [-0.05, 0) is 6.42 Å². The highest BCUT2D eigenvalue weighted by Gasteiger charge is 1.88. The number of hydrogen-bond donors (Lipinski definition) is 2. The maximum Gasteiger partial charge on any atom is 0.328 e. The van der Waals surface area contributed by atoms with Gasteiger partial charge in [0, 0.05) is 12.2 Å². The molecule has 2 N–H and O–H groups in total. The number of carboxylic acid groups (broad SMARTS) is 2. The molecule has 15 heavy (non-hydrogen) atoms. The van der Waals surface area contributed by atoms with Gasteiger partial charge in [-0.3, -0.25) is 0 Å². The van der Waals surface area contributed by atoms with Gasteiger partial charge in [-0.2, -0.15) is 0 Å². The van der Waals surface area contributed by atoms with Gasteiger partial charge in [0.15, 0.2) is 0 Å². The lowest BCUT2D eigenvalue weighted by molar-refractivity contribution is -0.134. The Hall–Kier alpha value is -1.78. The summed E-state index contributed by atoms with van der Waals surface area (Å²) in [6.45, 7) is 6.36. The molecule has 0 amide bonds. The molecule has 0 unspecified atom stereocenters. The lowest BCUT2D eigenvalue weighted by Gasteiger charge is -1.93. The summed E-state index contributed by atoms with van der Waals surface area (Å²) in [6.07, 6.45) is 4.92. The first-order valence-corrected chi connectivity index (χ1v) is 4.41. The van der Waals surface area contributed by atoms with Crippen LogP contribution in [0, 0.1) is 0 Å². The summed E-state index contributed by atoms with van der Waals surface area (Å²) < 4.78 is 4.84. The molecule has 0 fully saturated rings. The van der Waals surface area contributed by atoms with Gasteiger partial charge < -0.3 is 14.9 Å². The molecule has 5 heteroatoms. The number of rotatable bonds is 6. The van der Waals surface area contributed by atoms with Crippen molar-refractivity contribution in [1.29, 1.82) is 0 Å². The minimum Gasteiger partial charge on any atom is -0.502 e. The Morgan fingerprint density at radius 1 is 1.27 bits per heavy atom. The van der Waals surface area contributed by atoms with E-state index in [4.69, 9.17) is 14.9 Å². The molecule has 5 nitrogen and oxygen atoms in total. The fraction of sp³-hybridized carbons (Fsp3) is 0.400. The van der Waals surface area contributed by atoms with Gasteiger partial charge >= 0.3 is 11.9 Å². The van der Waals surface area contributed by atoms with E-state index in [2.05, 4.69) is 13.5 Å². The first-order chi connectivity index (χ1) is 7.04. The van der Waals surface area contributed by atoms with Crippen LogP contribution < -0.4 is 0 Å². The predicted molar refractivity (Wildman–Crippen MR) is 55.5 cm³/mol. The van der Waals surface area contributed by atoms with E-state index in [1.54, 1.807) is 0 Å². The molecule has 0 aliphatic carbocycles. The molecule has 0 atom stereocenters. The molecule has 0 radical (unpaired) electrons. The lowest BCUT2D eigenvalue weighted by atomic mass is 10.4. The second-order valence-electron chi connectivity index (χ2n) is 2.40. The molecule has 0 spiro atoms. The fourth-order valence-corrected chi connectivity index (χ4v) is 0.454. The third-order valence-electron chi connectivity index (χ3n) is 1.10. The standard InChI is InChI=1S/C6H12O.C4H4O4/c1-3-5-6-7-4-2;5-3(6)1-2-4(7)8/h4H,2-3,5-6H2,1H3;1-2H,(H,5,6)(H,7,8)/b;2-1+. The average molecular weight is 216 g/mol. The van der Waals surface area contributed by atoms with Crippen LogP contribution in [0.15, 0.2) is 25.0 Å². The van der Waals surface area contributed by atoms with E-state index >= 15 is 0 Å². The number of ether oxygens (including phenoxy) is 1. The van der Waals surface area contributed by atoms with Gasteiger partial charge in [0.25, 0.3) is 0 Å². The Morgan fingerprint density at radius 3 is 2.00 bits per heavy atom. The number of carbonyl (C=O) groups is 2. The van der Waals surface area contributed by atoms with E-state index in [9.17, 15) is 9.59 Å². The van der Waals surface area contributed by atoms with Crippen LogP contribution in [-0.4, -0.2) is 28.8 Å². The van der Waals surface area contributed by atoms with Gasteiger partial charge in [-0.25, -0.2) is 9.59 Å². The number of hydrogen-bond acceptors (Lipinski definition) is 3. The zero-order valence-electron chi connectivity index (χ0n) is 8.68. The molecule has 0 aliphatic heterocycles. The Balaban J connectivity index is 0. The van der Waals surface area contributed by atoms with Gasteiger partial charge in [-0.15, -0.1) is 0 Å². The Kier molecular flexibility index (Phi) is 12.8. The minimum absolute atomic E-state index is 0.558. The molecular formula is C10H16O5. The number of carboxylic acids is 2. The number of unbranched alkanes of at least 4 members (excludes halogenated alkanes) is 1. The normalized spacial score (nSPS) is 8.87. The molecule has 0 bridgehead atoms. The Bertz CT molecular complexity index is 204. The molecular weight excluding hydrogens is 200 g/mol. The van der Waals surface area contributed by atoms with Crippen LogP contribution in [0.1, 0.15) is 19.8 Å². The summed E-state index contributed by atoms with van der Waals surface area (Å²) in [5, 5.41) is 15.6. The maximum absolute atomic E-state index is 9.55. The van der Waals surface area contributed by atoms with Crippen molar-refractivity contribution < 1.29 is 24.5 Å². The lowest BCUT2D eigenvalue weighted by Crippen LogP contribution is -1.91. The van der Waals surface area contributed by atoms with Gasteiger partial charge in [0.1, 0.15) is 0 Å². The SMILES string of the molecule is C=COCCCC.O=C(O)/C=C/C(=O)O. The summed E-state index contributed by atoms with van der Waals surface area (Å²) in [6, 6.07) is 0. The van der Waals surface area contributed by atoms with Crippen molar-refractivity contribution in [2.24, 2.45) is 0 Å². The van der Waals surface area contributed by atoms with Crippen LogP contribution in [0.4, 0.5) is 0 Å². The van der Waals surface area contributed by atoms with Crippen LogP contribution in [0.5, 0.6) is 0 Å². The Labute approximate surface area is 88.7 Å². The molecule has 0 saturated carbocycles. The van der Waals surface area contributed by atoms with Gasteiger partial charge in [0.2, 0.25) is 0 Å². The van der Waals surface area contributed by atoms with Crippen LogP contribution in [0.25, 0.3) is 0 Å². The minimum atomic E-state index is -1.26. The zero-order valence-corrected chi connectivity index (χ0v) is 8.68. The second-order valence-corrected chi connectivity index (χ2v) is 2.40. The molecule has 0 aliphatic rings. The van der Waals surface area contributed by atoms with E-state index in [0.717, 1.165) is 13.0 Å². The maximum atomic E-state index is 9.55. The van der Waals surface area contributed by atoms with Crippen molar-refractivity contribution in [2.75, 3.05) is 6.61 Å². The third kappa shape index (κ3) is 24.5. The van der Waals surface area contributed by atoms with Crippen LogP contribution >= 0.6 is 0 Å². The van der Waals surface area contributed by atoms with E-state index in [-0.39, 0.29) is 0 Å². The van der Waals surface area contributed by atoms with Crippen molar-refractivity contribution in [3.63, 3.8) is 0 Å². The molecule has 0 aromatic carbocycles. The molecule has 0 aromatic heterocycles. The van der Waals surface area contributed by atoms with E-state index in [1.165, 1.54) is 12.7 Å². The van der Waals surface area contributed by atoms with Crippen LogP contribution in [0.3, 0.4) is 0 Å². The van der Waals surface area contributed by atoms with Gasteiger partial charge in [0.05, 0.1) is 12.9 Å². The quantitative estimate of drug-likeness (QED) is 0.400.